The first kappa shape index (κ1) is 15.3. The number of rotatable bonds is 6. The highest BCUT2D eigenvalue weighted by Crippen LogP contribution is 2.20. The summed E-state index contributed by atoms with van der Waals surface area (Å²) in [6, 6.07) is 10.1. The van der Waals surface area contributed by atoms with Crippen LogP contribution < -0.4 is 0 Å². The van der Waals surface area contributed by atoms with Crippen molar-refractivity contribution in [1.82, 2.24) is 0 Å². The molecule has 1 heterocycles. The van der Waals surface area contributed by atoms with Crippen LogP contribution in [0.25, 0.3) is 0 Å². The molecule has 0 aliphatic carbocycles. The quantitative estimate of drug-likeness (QED) is 0.448. The molecule has 0 spiro atoms. The van der Waals surface area contributed by atoms with Crippen molar-refractivity contribution < 1.29 is 14.3 Å². The van der Waals surface area contributed by atoms with E-state index in [0.29, 0.717) is 12.7 Å². The molecule has 0 N–H and O–H groups in total. The zero-order chi connectivity index (χ0) is 14.1. The van der Waals surface area contributed by atoms with E-state index in [1.165, 1.54) is 13.0 Å². The molecule has 1 aliphatic rings. The Morgan fingerprint density at radius 3 is 2.47 bits per heavy atom. The summed E-state index contributed by atoms with van der Waals surface area (Å²) in [7, 11) is 0. The van der Waals surface area contributed by atoms with Crippen molar-refractivity contribution in [3.05, 3.63) is 61.2 Å². The van der Waals surface area contributed by atoms with Crippen molar-refractivity contribution in [1.29, 1.82) is 0 Å². The van der Waals surface area contributed by atoms with Gasteiger partial charge in [0, 0.05) is 0 Å². The van der Waals surface area contributed by atoms with Gasteiger partial charge in [0.05, 0.1) is 13.2 Å². The van der Waals surface area contributed by atoms with Crippen LogP contribution >= 0.6 is 0 Å². The second-order valence-corrected chi connectivity index (χ2v) is 4.17. The Balaban J connectivity index is 0.000000312. The van der Waals surface area contributed by atoms with Crippen LogP contribution in [0.15, 0.2) is 55.6 Å². The summed E-state index contributed by atoms with van der Waals surface area (Å²) in [6.07, 6.45) is 3.39. The van der Waals surface area contributed by atoms with Crippen molar-refractivity contribution >= 4 is 5.78 Å². The summed E-state index contributed by atoms with van der Waals surface area (Å²) in [5.74, 6) is 0.0185. The Morgan fingerprint density at radius 2 is 2.05 bits per heavy atom. The van der Waals surface area contributed by atoms with Gasteiger partial charge in [-0.15, -0.1) is 6.58 Å². The normalized spacial score (nSPS) is 17.6. The number of allylic oxidation sites excluding steroid dienone is 1. The largest absolute Gasteiger partial charge is 0.371 e. The summed E-state index contributed by atoms with van der Waals surface area (Å²) in [6.45, 7) is 9.94. The number of hydrogen-bond acceptors (Lipinski definition) is 3. The summed E-state index contributed by atoms with van der Waals surface area (Å²) in [5, 5.41) is 0. The molecule has 3 heteroatoms. The number of hydrogen-bond donors (Lipinski definition) is 0. The SMILES string of the molecule is C=CC(C)=O.C=CC(OCC1CO1)c1ccccc1. The van der Waals surface area contributed by atoms with E-state index >= 15 is 0 Å². The van der Waals surface area contributed by atoms with E-state index in [4.69, 9.17) is 9.47 Å². The van der Waals surface area contributed by atoms with Crippen molar-refractivity contribution in [3.63, 3.8) is 0 Å². The van der Waals surface area contributed by atoms with Gasteiger partial charge in [0.25, 0.3) is 0 Å². The third-order valence-electron chi connectivity index (χ3n) is 2.49. The van der Waals surface area contributed by atoms with Crippen molar-refractivity contribution in [2.75, 3.05) is 13.2 Å². The average molecular weight is 260 g/mol. The van der Waals surface area contributed by atoms with Crippen LogP contribution in [-0.4, -0.2) is 25.1 Å². The maximum atomic E-state index is 9.69. The van der Waals surface area contributed by atoms with Crippen molar-refractivity contribution in [2.45, 2.75) is 19.1 Å². The lowest BCUT2D eigenvalue weighted by atomic mass is 10.1. The fraction of sp³-hybridized carbons (Fsp3) is 0.312. The van der Waals surface area contributed by atoms with Crippen LogP contribution in [0.4, 0.5) is 0 Å². The minimum atomic E-state index is -0.0135. The van der Waals surface area contributed by atoms with E-state index in [0.717, 1.165) is 12.2 Å². The lowest BCUT2D eigenvalue weighted by Crippen LogP contribution is -2.06. The summed E-state index contributed by atoms with van der Waals surface area (Å²) < 4.78 is 10.7. The lowest BCUT2D eigenvalue weighted by Gasteiger charge is -2.13. The van der Waals surface area contributed by atoms with E-state index in [1.807, 2.05) is 36.4 Å². The van der Waals surface area contributed by atoms with Gasteiger partial charge in [-0.2, -0.15) is 0 Å². The van der Waals surface area contributed by atoms with Gasteiger partial charge in [-0.05, 0) is 18.6 Å². The van der Waals surface area contributed by atoms with Gasteiger partial charge in [-0.3, -0.25) is 4.79 Å². The maximum absolute atomic E-state index is 9.69. The number of epoxide rings is 1. The van der Waals surface area contributed by atoms with Gasteiger partial charge in [-0.25, -0.2) is 0 Å². The highest BCUT2D eigenvalue weighted by molar-refractivity contribution is 5.86. The van der Waals surface area contributed by atoms with E-state index in [9.17, 15) is 4.79 Å². The molecule has 0 radical (unpaired) electrons. The summed E-state index contributed by atoms with van der Waals surface area (Å²) in [4.78, 5) is 9.69. The molecule has 2 unspecified atom stereocenters. The molecule has 2 atom stereocenters. The fourth-order valence-corrected chi connectivity index (χ4v) is 1.32. The number of carbonyl (C=O) groups excluding carboxylic acids is 1. The lowest BCUT2D eigenvalue weighted by molar-refractivity contribution is -0.112. The smallest absolute Gasteiger partial charge is 0.152 e. The Morgan fingerprint density at radius 1 is 1.47 bits per heavy atom. The second kappa shape index (κ2) is 8.40. The topological polar surface area (TPSA) is 38.8 Å². The zero-order valence-electron chi connectivity index (χ0n) is 11.2. The zero-order valence-corrected chi connectivity index (χ0v) is 11.2. The summed E-state index contributed by atoms with van der Waals surface area (Å²) in [5.41, 5.74) is 1.14. The Bertz CT molecular complexity index is 407. The second-order valence-electron chi connectivity index (χ2n) is 4.17. The molecule has 1 fully saturated rings. The van der Waals surface area contributed by atoms with Crippen LogP contribution in [0.1, 0.15) is 18.6 Å². The highest BCUT2D eigenvalue weighted by Gasteiger charge is 2.23. The monoisotopic (exact) mass is 260 g/mol. The first-order valence-corrected chi connectivity index (χ1v) is 6.21. The van der Waals surface area contributed by atoms with Gasteiger partial charge in [0.2, 0.25) is 0 Å². The number of carbonyl (C=O) groups is 1. The standard InChI is InChI=1S/C12H14O2.C4H6O/c1-2-12(14-9-11-8-13-11)10-6-4-3-5-7-10;1-3-4(2)5/h2-7,11-12H,1,8-9H2;3H,1H2,2H3. The van der Waals surface area contributed by atoms with Crippen molar-refractivity contribution in [2.24, 2.45) is 0 Å². The highest BCUT2D eigenvalue weighted by atomic mass is 16.6. The molecule has 1 saturated heterocycles. The number of ether oxygens (including phenoxy) is 2. The summed E-state index contributed by atoms with van der Waals surface area (Å²) >= 11 is 0. The van der Waals surface area contributed by atoms with Crippen LogP contribution in [0.2, 0.25) is 0 Å². The van der Waals surface area contributed by atoms with Gasteiger partial charge in [-0.1, -0.05) is 43.0 Å². The molecule has 2 rings (SSSR count). The molecule has 19 heavy (non-hydrogen) atoms. The van der Waals surface area contributed by atoms with Gasteiger partial charge in [0.15, 0.2) is 5.78 Å². The Labute approximate surface area is 114 Å². The van der Waals surface area contributed by atoms with E-state index in [1.54, 1.807) is 0 Å². The molecule has 0 bridgehead atoms. The molecule has 102 valence electrons. The van der Waals surface area contributed by atoms with E-state index < -0.39 is 0 Å². The van der Waals surface area contributed by atoms with E-state index in [-0.39, 0.29) is 11.9 Å². The van der Waals surface area contributed by atoms with Crippen LogP contribution in [-0.2, 0) is 14.3 Å². The molecule has 0 saturated carbocycles. The Hall–Kier alpha value is -1.71. The minimum Gasteiger partial charge on any atom is -0.371 e. The Kier molecular flexibility index (Phi) is 6.79. The molecule has 0 amide bonds. The molecular formula is C16H20O3. The van der Waals surface area contributed by atoms with Crippen LogP contribution in [0.5, 0.6) is 0 Å². The molecule has 1 aromatic carbocycles. The minimum absolute atomic E-state index is 0.0135. The first-order valence-electron chi connectivity index (χ1n) is 6.21. The van der Waals surface area contributed by atoms with Gasteiger partial charge in [0.1, 0.15) is 12.2 Å². The molecular weight excluding hydrogens is 240 g/mol. The third kappa shape index (κ3) is 6.70. The molecule has 3 nitrogen and oxygen atoms in total. The maximum Gasteiger partial charge on any atom is 0.152 e. The van der Waals surface area contributed by atoms with Gasteiger partial charge < -0.3 is 9.47 Å². The first-order chi connectivity index (χ1) is 9.17. The van der Waals surface area contributed by atoms with E-state index in [2.05, 4.69) is 13.2 Å². The predicted molar refractivity (Wildman–Crippen MR) is 76.0 cm³/mol. The van der Waals surface area contributed by atoms with Crippen molar-refractivity contribution in [3.8, 4) is 0 Å². The number of ketones is 1. The van der Waals surface area contributed by atoms with Gasteiger partial charge >= 0.3 is 0 Å². The molecule has 1 aliphatic heterocycles. The molecule has 0 aromatic heterocycles. The average Bonchev–Trinajstić information content (AvgIpc) is 3.25. The predicted octanol–water partition coefficient (Wildman–Crippen LogP) is 3.09. The molecule has 1 aromatic rings. The number of benzene rings is 1. The van der Waals surface area contributed by atoms with Crippen LogP contribution in [0.3, 0.4) is 0 Å². The third-order valence-corrected chi connectivity index (χ3v) is 2.49. The fourth-order valence-electron chi connectivity index (χ4n) is 1.32. The van der Waals surface area contributed by atoms with Crippen LogP contribution in [0, 0.1) is 0 Å².